The van der Waals surface area contributed by atoms with Crippen molar-refractivity contribution >= 4 is 12.6 Å². The minimum absolute atomic E-state index is 0.0832. The summed E-state index contributed by atoms with van der Waals surface area (Å²) in [5.41, 5.74) is 5.60. The molecule has 0 aromatic carbocycles. The molecule has 1 nitrogen and oxygen atoms in total. The number of hydrogen-bond donors (Lipinski definition) is 2. The third-order valence-electron chi connectivity index (χ3n) is 3.76. The van der Waals surface area contributed by atoms with E-state index in [1.54, 1.807) is 0 Å². The normalized spacial score (nSPS) is 13.2. The average Bonchev–Trinajstić information content (AvgIpc) is 2.43. The number of rotatable bonds is 15. The molecule has 0 aromatic rings. The number of allylic oxidation sites excluding steroid dienone is 2. The molecule has 0 heterocycles. The van der Waals surface area contributed by atoms with Gasteiger partial charge in [0.2, 0.25) is 0 Å². The van der Waals surface area contributed by atoms with E-state index < -0.39 is 0 Å². The molecule has 0 fully saturated rings. The SMILES string of the molecule is CCCCCCCC/C=C\CCCCCCCC(N)S. The van der Waals surface area contributed by atoms with Crippen LogP contribution in [0.15, 0.2) is 12.2 Å². The number of hydrogen-bond acceptors (Lipinski definition) is 2. The summed E-state index contributed by atoms with van der Waals surface area (Å²) in [5, 5.41) is 0.0832. The summed E-state index contributed by atoms with van der Waals surface area (Å²) in [6.07, 6.45) is 23.4. The summed E-state index contributed by atoms with van der Waals surface area (Å²) in [4.78, 5) is 0. The fourth-order valence-electron chi connectivity index (χ4n) is 2.42. The maximum Gasteiger partial charge on any atom is 0.0477 e. The number of unbranched alkanes of at least 4 members (excludes halogenated alkanes) is 11. The lowest BCUT2D eigenvalue weighted by Crippen LogP contribution is -2.10. The van der Waals surface area contributed by atoms with Crippen LogP contribution in [0.1, 0.15) is 96.8 Å². The van der Waals surface area contributed by atoms with Crippen LogP contribution >= 0.6 is 12.6 Å². The Hall–Kier alpha value is 0.0500. The molecule has 2 heteroatoms. The fourth-order valence-corrected chi connectivity index (χ4v) is 2.61. The Balaban J connectivity index is 3.05. The van der Waals surface area contributed by atoms with Gasteiger partial charge >= 0.3 is 0 Å². The van der Waals surface area contributed by atoms with E-state index in [9.17, 15) is 0 Å². The lowest BCUT2D eigenvalue weighted by Gasteiger charge is -2.03. The molecule has 1 unspecified atom stereocenters. The van der Waals surface area contributed by atoms with Gasteiger partial charge in [0.15, 0.2) is 0 Å². The lowest BCUT2D eigenvalue weighted by atomic mass is 10.1. The van der Waals surface area contributed by atoms with Crippen molar-refractivity contribution in [2.45, 2.75) is 102 Å². The van der Waals surface area contributed by atoms with Gasteiger partial charge in [-0.05, 0) is 32.1 Å². The Kier molecular flexibility index (Phi) is 17.1. The predicted molar refractivity (Wildman–Crippen MR) is 96.4 cm³/mol. The molecule has 0 bridgehead atoms. The molecule has 0 rings (SSSR count). The molecular formula is C18H37NS. The van der Waals surface area contributed by atoms with Gasteiger partial charge < -0.3 is 5.73 Å². The molecular weight excluding hydrogens is 262 g/mol. The molecule has 2 N–H and O–H groups in total. The van der Waals surface area contributed by atoms with Crippen LogP contribution < -0.4 is 5.73 Å². The van der Waals surface area contributed by atoms with Crippen molar-refractivity contribution in [1.29, 1.82) is 0 Å². The molecule has 0 radical (unpaired) electrons. The van der Waals surface area contributed by atoms with Crippen molar-refractivity contribution in [3.05, 3.63) is 12.2 Å². The van der Waals surface area contributed by atoms with Crippen LogP contribution in [-0.4, -0.2) is 5.37 Å². The van der Waals surface area contributed by atoms with Crippen LogP contribution in [0.25, 0.3) is 0 Å². The van der Waals surface area contributed by atoms with Crippen molar-refractivity contribution < 1.29 is 0 Å². The second kappa shape index (κ2) is 17.1. The van der Waals surface area contributed by atoms with Crippen LogP contribution in [-0.2, 0) is 0 Å². The van der Waals surface area contributed by atoms with Crippen LogP contribution in [0.5, 0.6) is 0 Å². The maximum absolute atomic E-state index is 5.60. The summed E-state index contributed by atoms with van der Waals surface area (Å²) in [7, 11) is 0. The maximum atomic E-state index is 5.60. The highest BCUT2D eigenvalue weighted by Gasteiger charge is 1.94. The highest BCUT2D eigenvalue weighted by Crippen LogP contribution is 2.10. The van der Waals surface area contributed by atoms with Gasteiger partial charge in [-0.1, -0.05) is 76.9 Å². The van der Waals surface area contributed by atoms with Crippen LogP contribution in [0.3, 0.4) is 0 Å². The second-order valence-corrected chi connectivity index (χ2v) is 6.60. The van der Waals surface area contributed by atoms with Gasteiger partial charge in [-0.25, -0.2) is 0 Å². The zero-order valence-electron chi connectivity index (χ0n) is 13.7. The summed E-state index contributed by atoms with van der Waals surface area (Å²) in [6, 6.07) is 0. The first-order valence-corrected chi connectivity index (χ1v) is 9.37. The molecule has 20 heavy (non-hydrogen) atoms. The lowest BCUT2D eigenvalue weighted by molar-refractivity contribution is 0.592. The van der Waals surface area contributed by atoms with Crippen molar-refractivity contribution in [1.82, 2.24) is 0 Å². The van der Waals surface area contributed by atoms with E-state index in [0.29, 0.717) is 0 Å². The molecule has 0 spiro atoms. The van der Waals surface area contributed by atoms with Gasteiger partial charge in [-0.15, -0.1) is 0 Å². The van der Waals surface area contributed by atoms with Crippen molar-refractivity contribution in [2.24, 2.45) is 5.73 Å². The smallest absolute Gasteiger partial charge is 0.0477 e. The standard InChI is InChI=1S/C18H37NS/c1-2-3-4-5-6-7-8-9-10-11-12-13-14-15-16-17-18(19)20/h9-10,18,20H,2-8,11-17,19H2,1H3/b10-9-. The Bertz CT molecular complexity index is 202. The first-order valence-electron chi connectivity index (χ1n) is 8.86. The third-order valence-corrected chi connectivity index (χ3v) is 4.02. The van der Waals surface area contributed by atoms with Gasteiger partial charge in [0.25, 0.3) is 0 Å². The van der Waals surface area contributed by atoms with Gasteiger partial charge in [-0.2, -0.15) is 12.6 Å². The molecule has 0 saturated carbocycles. The summed E-state index contributed by atoms with van der Waals surface area (Å²) < 4.78 is 0. The van der Waals surface area contributed by atoms with E-state index in [-0.39, 0.29) is 5.37 Å². The van der Waals surface area contributed by atoms with Gasteiger partial charge in [0.1, 0.15) is 0 Å². The quantitative estimate of drug-likeness (QED) is 0.159. The minimum atomic E-state index is 0.0832. The van der Waals surface area contributed by atoms with Gasteiger partial charge in [0, 0.05) is 5.37 Å². The number of thiol groups is 1. The van der Waals surface area contributed by atoms with Crippen LogP contribution in [0.2, 0.25) is 0 Å². The topological polar surface area (TPSA) is 26.0 Å². The van der Waals surface area contributed by atoms with Gasteiger partial charge in [0.05, 0.1) is 0 Å². The largest absolute Gasteiger partial charge is 0.320 e. The van der Waals surface area contributed by atoms with E-state index >= 15 is 0 Å². The van der Waals surface area contributed by atoms with Crippen molar-refractivity contribution in [3.63, 3.8) is 0 Å². The van der Waals surface area contributed by atoms with Crippen molar-refractivity contribution in [2.75, 3.05) is 0 Å². The summed E-state index contributed by atoms with van der Waals surface area (Å²) >= 11 is 4.19. The first-order chi connectivity index (χ1) is 9.77. The molecule has 0 aliphatic heterocycles. The molecule has 0 aliphatic carbocycles. The molecule has 0 amide bonds. The fraction of sp³-hybridized carbons (Fsp3) is 0.889. The minimum Gasteiger partial charge on any atom is -0.320 e. The Labute approximate surface area is 133 Å². The highest BCUT2D eigenvalue weighted by molar-refractivity contribution is 7.80. The average molecular weight is 300 g/mol. The Morgan fingerprint density at radius 2 is 1.20 bits per heavy atom. The van der Waals surface area contributed by atoms with Crippen molar-refractivity contribution in [3.8, 4) is 0 Å². The third kappa shape index (κ3) is 18.0. The summed E-state index contributed by atoms with van der Waals surface area (Å²) in [5.74, 6) is 0. The number of nitrogens with two attached hydrogens (primary N) is 1. The Morgan fingerprint density at radius 3 is 1.70 bits per heavy atom. The zero-order chi connectivity index (χ0) is 14.9. The second-order valence-electron chi connectivity index (χ2n) is 5.94. The molecule has 0 saturated heterocycles. The van der Waals surface area contributed by atoms with E-state index in [1.807, 2.05) is 0 Å². The van der Waals surface area contributed by atoms with E-state index in [1.165, 1.54) is 83.5 Å². The van der Waals surface area contributed by atoms with E-state index in [4.69, 9.17) is 5.73 Å². The monoisotopic (exact) mass is 299 g/mol. The first kappa shape index (κ1) is 20.1. The molecule has 0 aliphatic rings. The van der Waals surface area contributed by atoms with E-state index in [0.717, 1.165) is 6.42 Å². The zero-order valence-corrected chi connectivity index (χ0v) is 14.6. The van der Waals surface area contributed by atoms with Gasteiger partial charge in [-0.3, -0.25) is 0 Å². The van der Waals surface area contributed by atoms with E-state index in [2.05, 4.69) is 31.7 Å². The molecule has 0 aromatic heterocycles. The molecule has 120 valence electrons. The molecule has 1 atom stereocenters. The van der Waals surface area contributed by atoms with Crippen LogP contribution in [0, 0.1) is 0 Å². The summed E-state index contributed by atoms with van der Waals surface area (Å²) in [6.45, 7) is 2.28. The van der Waals surface area contributed by atoms with Crippen LogP contribution in [0.4, 0.5) is 0 Å². The predicted octanol–water partition coefficient (Wildman–Crippen LogP) is 6.24. The highest BCUT2D eigenvalue weighted by atomic mass is 32.1. The Morgan fingerprint density at radius 1 is 0.750 bits per heavy atom.